The molecular weight excluding hydrogens is 368 g/mol. The normalized spacial score (nSPS) is 11.2. The second-order valence-electron chi connectivity index (χ2n) is 8.92. The molecule has 0 atom stereocenters. The lowest BCUT2D eigenvalue weighted by Gasteiger charge is -2.06. The zero-order chi connectivity index (χ0) is 20.8. The maximum Gasteiger partial charge on any atom is 0.0184 e. The summed E-state index contributed by atoms with van der Waals surface area (Å²) in [7, 11) is 0. The molecule has 1 aromatic rings. The molecule has 0 fully saturated rings. The Kier molecular flexibility index (Phi) is 19.1. The number of thioether (sulfide) groups is 1. The van der Waals surface area contributed by atoms with E-state index in [9.17, 15) is 0 Å². The Morgan fingerprint density at radius 2 is 0.897 bits per heavy atom. The van der Waals surface area contributed by atoms with E-state index in [1.165, 1.54) is 138 Å². The Hall–Kier alpha value is -0.430. The van der Waals surface area contributed by atoms with Gasteiger partial charge in [0.2, 0.25) is 0 Å². The molecule has 1 heteroatoms. The molecular formula is C28H50S. The van der Waals surface area contributed by atoms with Gasteiger partial charge in [0, 0.05) is 5.75 Å². The number of benzene rings is 1. The molecule has 0 nitrogen and oxygen atoms in total. The second kappa shape index (κ2) is 20.8. The first-order chi connectivity index (χ1) is 14.4. The Balaban J connectivity index is 1.91. The highest BCUT2D eigenvalue weighted by Gasteiger charge is 1.98. The number of hydrogen-bond donors (Lipinski definition) is 0. The molecule has 0 spiro atoms. The van der Waals surface area contributed by atoms with Gasteiger partial charge in [0.05, 0.1) is 0 Å². The summed E-state index contributed by atoms with van der Waals surface area (Å²) in [5.74, 6) is 2.52. The molecule has 0 aliphatic carbocycles. The molecule has 0 aliphatic heterocycles. The molecule has 0 aromatic heterocycles. The van der Waals surface area contributed by atoms with Gasteiger partial charge in [-0.2, -0.15) is 11.8 Å². The highest BCUT2D eigenvalue weighted by Crippen LogP contribution is 2.17. The minimum Gasteiger partial charge on any atom is -0.157 e. The molecule has 0 radical (unpaired) electrons. The molecule has 168 valence electrons. The van der Waals surface area contributed by atoms with Gasteiger partial charge in [0.1, 0.15) is 0 Å². The molecule has 0 aliphatic rings. The van der Waals surface area contributed by atoms with Gasteiger partial charge in [-0.25, -0.2) is 0 Å². The van der Waals surface area contributed by atoms with Crippen LogP contribution in [0.25, 0.3) is 0 Å². The van der Waals surface area contributed by atoms with Gasteiger partial charge in [-0.3, -0.25) is 0 Å². The fourth-order valence-electron chi connectivity index (χ4n) is 3.97. The van der Waals surface area contributed by atoms with Crippen LogP contribution in [0.1, 0.15) is 134 Å². The standard InChI is InChI=1S/C28H50S/c1-3-5-7-9-11-12-13-15-17-19-25-29-26-28-23-21-27(22-24-28)20-18-16-14-10-8-6-4-2/h21-24H,3-20,25-26H2,1-2H3. The van der Waals surface area contributed by atoms with E-state index in [0.717, 1.165) is 0 Å². The van der Waals surface area contributed by atoms with Crippen molar-refractivity contribution in [2.45, 2.75) is 135 Å². The van der Waals surface area contributed by atoms with Crippen LogP contribution in [0, 0.1) is 0 Å². The van der Waals surface area contributed by atoms with Gasteiger partial charge in [-0.15, -0.1) is 0 Å². The lowest BCUT2D eigenvalue weighted by Crippen LogP contribution is -1.89. The molecule has 0 saturated heterocycles. The van der Waals surface area contributed by atoms with Crippen molar-refractivity contribution in [3.63, 3.8) is 0 Å². The van der Waals surface area contributed by atoms with E-state index in [-0.39, 0.29) is 0 Å². The van der Waals surface area contributed by atoms with Gasteiger partial charge < -0.3 is 0 Å². The van der Waals surface area contributed by atoms with E-state index in [1.807, 2.05) is 0 Å². The van der Waals surface area contributed by atoms with Crippen LogP contribution < -0.4 is 0 Å². The van der Waals surface area contributed by atoms with E-state index in [4.69, 9.17) is 0 Å². The molecule has 0 heterocycles. The predicted molar refractivity (Wildman–Crippen MR) is 136 cm³/mol. The van der Waals surface area contributed by atoms with Crippen molar-refractivity contribution in [2.75, 3.05) is 5.75 Å². The van der Waals surface area contributed by atoms with Crippen LogP contribution in [-0.2, 0) is 12.2 Å². The Morgan fingerprint density at radius 1 is 0.483 bits per heavy atom. The SMILES string of the molecule is CCCCCCCCCCCCSCc1ccc(CCCCCCCCC)cc1. The summed E-state index contributed by atoms with van der Waals surface area (Å²) in [5, 5.41) is 0. The Morgan fingerprint density at radius 3 is 1.41 bits per heavy atom. The van der Waals surface area contributed by atoms with Crippen LogP contribution in [0.4, 0.5) is 0 Å². The van der Waals surface area contributed by atoms with Crippen LogP contribution >= 0.6 is 11.8 Å². The third-order valence-electron chi connectivity index (χ3n) is 6.00. The summed E-state index contributed by atoms with van der Waals surface area (Å²) < 4.78 is 0. The fourth-order valence-corrected chi connectivity index (χ4v) is 4.95. The fraction of sp³-hybridized carbons (Fsp3) is 0.786. The second-order valence-corrected chi connectivity index (χ2v) is 10.0. The highest BCUT2D eigenvalue weighted by molar-refractivity contribution is 7.98. The average Bonchev–Trinajstić information content (AvgIpc) is 2.75. The molecule has 0 unspecified atom stereocenters. The van der Waals surface area contributed by atoms with Crippen LogP contribution in [0.15, 0.2) is 24.3 Å². The average molecular weight is 419 g/mol. The topological polar surface area (TPSA) is 0 Å². The van der Waals surface area contributed by atoms with Crippen molar-refractivity contribution < 1.29 is 0 Å². The summed E-state index contributed by atoms with van der Waals surface area (Å²) in [6.07, 6.45) is 25.4. The van der Waals surface area contributed by atoms with E-state index >= 15 is 0 Å². The lowest BCUT2D eigenvalue weighted by atomic mass is 10.0. The number of unbranched alkanes of at least 4 members (excludes halogenated alkanes) is 15. The van der Waals surface area contributed by atoms with Crippen molar-refractivity contribution in [1.82, 2.24) is 0 Å². The van der Waals surface area contributed by atoms with E-state index < -0.39 is 0 Å². The first kappa shape index (κ1) is 26.6. The first-order valence-corrected chi connectivity index (χ1v) is 14.2. The summed E-state index contributed by atoms with van der Waals surface area (Å²) in [5.41, 5.74) is 3.03. The maximum absolute atomic E-state index is 2.37. The van der Waals surface area contributed by atoms with Gasteiger partial charge >= 0.3 is 0 Å². The molecule has 29 heavy (non-hydrogen) atoms. The predicted octanol–water partition coefficient (Wildman–Crippen LogP) is 10.1. The van der Waals surface area contributed by atoms with Crippen LogP contribution in [0.2, 0.25) is 0 Å². The minimum absolute atomic E-state index is 1.19. The van der Waals surface area contributed by atoms with Crippen molar-refractivity contribution in [3.8, 4) is 0 Å². The van der Waals surface area contributed by atoms with Crippen molar-refractivity contribution >= 4 is 11.8 Å². The Labute approximate surface area is 188 Å². The van der Waals surface area contributed by atoms with E-state index in [2.05, 4.69) is 49.9 Å². The van der Waals surface area contributed by atoms with Crippen molar-refractivity contribution in [3.05, 3.63) is 35.4 Å². The van der Waals surface area contributed by atoms with Gasteiger partial charge in [0.15, 0.2) is 0 Å². The highest BCUT2D eigenvalue weighted by atomic mass is 32.2. The number of rotatable bonds is 21. The molecule has 1 aromatic carbocycles. The van der Waals surface area contributed by atoms with Gasteiger partial charge in [0.25, 0.3) is 0 Å². The van der Waals surface area contributed by atoms with Crippen molar-refractivity contribution in [1.29, 1.82) is 0 Å². The molecule has 0 saturated carbocycles. The summed E-state index contributed by atoms with van der Waals surface area (Å²) in [6, 6.07) is 9.46. The number of hydrogen-bond acceptors (Lipinski definition) is 1. The van der Waals surface area contributed by atoms with Crippen LogP contribution in [-0.4, -0.2) is 5.75 Å². The van der Waals surface area contributed by atoms with Crippen LogP contribution in [0.5, 0.6) is 0 Å². The smallest absolute Gasteiger partial charge is 0.0184 e. The van der Waals surface area contributed by atoms with Gasteiger partial charge in [-0.05, 0) is 36.1 Å². The monoisotopic (exact) mass is 418 g/mol. The van der Waals surface area contributed by atoms with Crippen molar-refractivity contribution in [2.24, 2.45) is 0 Å². The first-order valence-electron chi connectivity index (χ1n) is 13.0. The summed E-state index contributed by atoms with van der Waals surface area (Å²) in [6.45, 7) is 4.59. The summed E-state index contributed by atoms with van der Waals surface area (Å²) in [4.78, 5) is 0. The van der Waals surface area contributed by atoms with E-state index in [0.29, 0.717) is 0 Å². The third-order valence-corrected chi connectivity index (χ3v) is 7.12. The summed E-state index contributed by atoms with van der Waals surface area (Å²) >= 11 is 2.12. The largest absolute Gasteiger partial charge is 0.157 e. The quantitative estimate of drug-likeness (QED) is 0.179. The third kappa shape index (κ3) is 17.0. The van der Waals surface area contributed by atoms with E-state index in [1.54, 1.807) is 0 Å². The molecule has 1 rings (SSSR count). The lowest BCUT2D eigenvalue weighted by molar-refractivity contribution is 0.563. The minimum atomic E-state index is 1.19. The molecule has 0 bridgehead atoms. The maximum atomic E-state index is 2.37. The van der Waals surface area contributed by atoms with Crippen LogP contribution in [0.3, 0.4) is 0 Å². The van der Waals surface area contributed by atoms with Gasteiger partial charge in [-0.1, -0.05) is 134 Å². The zero-order valence-electron chi connectivity index (χ0n) is 19.9. The zero-order valence-corrected chi connectivity index (χ0v) is 20.7. The Bertz CT molecular complexity index is 436. The molecule has 0 N–H and O–H groups in total. The number of aryl methyl sites for hydroxylation is 1. The molecule has 0 amide bonds.